The molecule has 0 radical (unpaired) electrons. The molecule has 0 bridgehead atoms. The standard InChI is InChI=1S/C22H20N4O3/c1-15(27)25-19-5-7-20(8-6-19)26-22(29)18-4-2-3-17(13-18)21(28)24-14-16-9-11-23-12-10-16/h2-13H,14H2,1H3,(H,24,28)(H,25,27)(H,26,29). The van der Waals surface area contributed by atoms with E-state index in [1.165, 1.54) is 6.92 Å². The fourth-order valence-corrected chi connectivity index (χ4v) is 2.63. The van der Waals surface area contributed by atoms with Gasteiger partial charge in [0, 0.05) is 48.4 Å². The van der Waals surface area contributed by atoms with Crippen LogP contribution in [0, 0.1) is 0 Å². The van der Waals surface area contributed by atoms with Gasteiger partial charge in [0.1, 0.15) is 0 Å². The van der Waals surface area contributed by atoms with Crippen molar-refractivity contribution >= 4 is 29.1 Å². The van der Waals surface area contributed by atoms with Gasteiger partial charge in [0.15, 0.2) is 0 Å². The Morgan fingerprint density at radius 1 is 0.793 bits per heavy atom. The van der Waals surface area contributed by atoms with Gasteiger partial charge >= 0.3 is 0 Å². The van der Waals surface area contributed by atoms with Crippen LogP contribution in [0.2, 0.25) is 0 Å². The van der Waals surface area contributed by atoms with Gasteiger partial charge in [-0.05, 0) is 60.2 Å². The lowest BCUT2D eigenvalue weighted by molar-refractivity contribution is -0.114. The predicted molar refractivity (Wildman–Crippen MR) is 111 cm³/mol. The van der Waals surface area contributed by atoms with Gasteiger partial charge in [-0.1, -0.05) is 6.07 Å². The molecule has 1 heterocycles. The van der Waals surface area contributed by atoms with Crippen LogP contribution in [0.15, 0.2) is 73.1 Å². The molecule has 0 aliphatic rings. The van der Waals surface area contributed by atoms with Crippen LogP contribution in [0.1, 0.15) is 33.2 Å². The lowest BCUT2D eigenvalue weighted by Crippen LogP contribution is -2.23. The van der Waals surface area contributed by atoms with Crippen LogP contribution in [-0.4, -0.2) is 22.7 Å². The van der Waals surface area contributed by atoms with E-state index >= 15 is 0 Å². The number of carbonyl (C=O) groups excluding carboxylic acids is 3. The van der Waals surface area contributed by atoms with Crippen molar-refractivity contribution in [3.05, 3.63) is 89.7 Å². The molecule has 2 aromatic carbocycles. The third-order valence-corrected chi connectivity index (χ3v) is 4.05. The number of carbonyl (C=O) groups is 3. The summed E-state index contributed by atoms with van der Waals surface area (Å²) in [5, 5.41) is 8.25. The summed E-state index contributed by atoms with van der Waals surface area (Å²) < 4.78 is 0. The molecule has 0 saturated heterocycles. The smallest absolute Gasteiger partial charge is 0.255 e. The summed E-state index contributed by atoms with van der Waals surface area (Å²) in [4.78, 5) is 39.9. The molecular formula is C22H20N4O3. The highest BCUT2D eigenvalue weighted by Crippen LogP contribution is 2.15. The fraction of sp³-hybridized carbons (Fsp3) is 0.0909. The van der Waals surface area contributed by atoms with Crippen molar-refractivity contribution in [3.8, 4) is 0 Å². The molecule has 0 saturated carbocycles. The molecule has 7 nitrogen and oxygen atoms in total. The minimum Gasteiger partial charge on any atom is -0.348 e. The van der Waals surface area contributed by atoms with Crippen LogP contribution >= 0.6 is 0 Å². The molecule has 3 rings (SSSR count). The number of benzene rings is 2. The first kappa shape index (κ1) is 19.8. The molecule has 0 aliphatic carbocycles. The van der Waals surface area contributed by atoms with Crippen LogP contribution in [0.25, 0.3) is 0 Å². The summed E-state index contributed by atoms with van der Waals surface area (Å²) in [7, 11) is 0. The van der Waals surface area contributed by atoms with Gasteiger partial charge in [0.2, 0.25) is 5.91 Å². The zero-order chi connectivity index (χ0) is 20.6. The second-order valence-corrected chi connectivity index (χ2v) is 6.33. The van der Waals surface area contributed by atoms with Crippen LogP contribution in [0.3, 0.4) is 0 Å². The third kappa shape index (κ3) is 5.74. The van der Waals surface area contributed by atoms with E-state index in [4.69, 9.17) is 0 Å². The van der Waals surface area contributed by atoms with E-state index < -0.39 is 0 Å². The first-order valence-corrected chi connectivity index (χ1v) is 8.97. The van der Waals surface area contributed by atoms with Gasteiger partial charge in [-0.25, -0.2) is 0 Å². The average Bonchev–Trinajstić information content (AvgIpc) is 2.74. The monoisotopic (exact) mass is 388 g/mol. The first-order chi connectivity index (χ1) is 14.0. The zero-order valence-corrected chi connectivity index (χ0v) is 15.8. The first-order valence-electron chi connectivity index (χ1n) is 8.97. The van der Waals surface area contributed by atoms with Crippen molar-refractivity contribution in [2.75, 3.05) is 10.6 Å². The van der Waals surface area contributed by atoms with E-state index in [1.54, 1.807) is 60.9 Å². The highest BCUT2D eigenvalue weighted by molar-refractivity contribution is 6.06. The Labute approximate surface area is 168 Å². The second kappa shape index (κ2) is 9.27. The topological polar surface area (TPSA) is 100 Å². The number of hydrogen-bond acceptors (Lipinski definition) is 4. The number of nitrogens with one attached hydrogen (secondary N) is 3. The maximum Gasteiger partial charge on any atom is 0.255 e. The van der Waals surface area contributed by atoms with Crippen molar-refractivity contribution in [2.24, 2.45) is 0 Å². The molecule has 3 amide bonds. The van der Waals surface area contributed by atoms with E-state index in [2.05, 4.69) is 20.9 Å². The van der Waals surface area contributed by atoms with Crippen molar-refractivity contribution in [1.29, 1.82) is 0 Å². The average molecular weight is 388 g/mol. The molecule has 0 unspecified atom stereocenters. The number of anilines is 2. The minimum atomic E-state index is -0.332. The normalized spacial score (nSPS) is 10.1. The van der Waals surface area contributed by atoms with Crippen molar-refractivity contribution in [3.63, 3.8) is 0 Å². The van der Waals surface area contributed by atoms with Crippen molar-refractivity contribution < 1.29 is 14.4 Å². The molecule has 3 N–H and O–H groups in total. The van der Waals surface area contributed by atoms with Crippen LogP contribution < -0.4 is 16.0 Å². The lowest BCUT2D eigenvalue weighted by Gasteiger charge is -2.09. The predicted octanol–water partition coefficient (Wildman–Crippen LogP) is 3.22. The summed E-state index contributed by atoms with van der Waals surface area (Å²) >= 11 is 0. The largest absolute Gasteiger partial charge is 0.348 e. The van der Waals surface area contributed by atoms with E-state index in [-0.39, 0.29) is 17.7 Å². The van der Waals surface area contributed by atoms with Gasteiger partial charge in [-0.3, -0.25) is 19.4 Å². The summed E-state index contributed by atoms with van der Waals surface area (Å²) in [6.45, 7) is 1.80. The number of hydrogen-bond donors (Lipinski definition) is 3. The molecule has 29 heavy (non-hydrogen) atoms. The van der Waals surface area contributed by atoms with Gasteiger partial charge in [0.25, 0.3) is 11.8 Å². The minimum absolute atomic E-state index is 0.166. The summed E-state index contributed by atoms with van der Waals surface area (Å²) in [6.07, 6.45) is 3.32. The number of aromatic nitrogens is 1. The highest BCUT2D eigenvalue weighted by atomic mass is 16.2. The van der Waals surface area contributed by atoms with Gasteiger partial charge in [-0.15, -0.1) is 0 Å². The number of pyridine rings is 1. The Bertz CT molecular complexity index is 1020. The molecule has 0 atom stereocenters. The molecule has 0 spiro atoms. The van der Waals surface area contributed by atoms with Crippen LogP contribution in [0.4, 0.5) is 11.4 Å². The van der Waals surface area contributed by atoms with E-state index in [1.807, 2.05) is 12.1 Å². The third-order valence-electron chi connectivity index (χ3n) is 4.05. The second-order valence-electron chi connectivity index (χ2n) is 6.33. The Hall–Kier alpha value is -4.00. The molecule has 7 heteroatoms. The zero-order valence-electron chi connectivity index (χ0n) is 15.8. The number of rotatable bonds is 6. The summed E-state index contributed by atoms with van der Waals surface area (Å²) in [5.74, 6) is -0.766. The van der Waals surface area contributed by atoms with Crippen LogP contribution in [0.5, 0.6) is 0 Å². The lowest BCUT2D eigenvalue weighted by atomic mass is 10.1. The van der Waals surface area contributed by atoms with E-state index in [0.717, 1.165) is 5.56 Å². The highest BCUT2D eigenvalue weighted by Gasteiger charge is 2.11. The molecule has 1 aromatic heterocycles. The fourth-order valence-electron chi connectivity index (χ4n) is 2.63. The summed E-state index contributed by atoms with van der Waals surface area (Å²) in [5.41, 5.74) is 2.92. The maximum atomic E-state index is 12.5. The Balaban J connectivity index is 1.62. The van der Waals surface area contributed by atoms with Crippen molar-refractivity contribution in [2.45, 2.75) is 13.5 Å². The molecule has 0 fully saturated rings. The Kier molecular flexibility index (Phi) is 6.32. The van der Waals surface area contributed by atoms with Gasteiger partial charge < -0.3 is 16.0 Å². The van der Waals surface area contributed by atoms with E-state index in [0.29, 0.717) is 29.0 Å². The van der Waals surface area contributed by atoms with E-state index in [9.17, 15) is 14.4 Å². The molecule has 146 valence electrons. The van der Waals surface area contributed by atoms with Crippen LogP contribution in [-0.2, 0) is 11.3 Å². The Morgan fingerprint density at radius 2 is 1.38 bits per heavy atom. The van der Waals surface area contributed by atoms with Gasteiger partial charge in [0.05, 0.1) is 0 Å². The summed E-state index contributed by atoms with van der Waals surface area (Å²) in [6, 6.07) is 16.9. The SMILES string of the molecule is CC(=O)Nc1ccc(NC(=O)c2cccc(C(=O)NCc3ccncc3)c2)cc1. The molecule has 0 aliphatic heterocycles. The maximum absolute atomic E-state index is 12.5. The quantitative estimate of drug-likeness (QED) is 0.604. The number of amides is 3. The Morgan fingerprint density at radius 3 is 2.00 bits per heavy atom. The van der Waals surface area contributed by atoms with Crippen molar-refractivity contribution in [1.82, 2.24) is 10.3 Å². The molecule has 3 aromatic rings. The van der Waals surface area contributed by atoms with Gasteiger partial charge in [-0.2, -0.15) is 0 Å². The number of nitrogens with zero attached hydrogens (tertiary/aromatic N) is 1. The molecular weight excluding hydrogens is 368 g/mol.